The Bertz CT molecular complexity index is 1210. The summed E-state index contributed by atoms with van der Waals surface area (Å²) < 4.78 is 11.9. The van der Waals surface area contributed by atoms with E-state index in [1.807, 2.05) is 32.0 Å². The number of benzene rings is 1. The molecule has 3 aromatic rings. The molecule has 1 aromatic carbocycles. The van der Waals surface area contributed by atoms with E-state index < -0.39 is 0 Å². The highest BCUT2D eigenvalue weighted by Gasteiger charge is 2.32. The molecule has 0 bridgehead atoms. The molecule has 5 rings (SSSR count). The van der Waals surface area contributed by atoms with E-state index in [4.69, 9.17) is 9.47 Å². The first-order chi connectivity index (χ1) is 15.9. The zero-order chi connectivity index (χ0) is 23.0. The van der Waals surface area contributed by atoms with Crippen molar-refractivity contribution in [2.75, 3.05) is 18.5 Å². The second kappa shape index (κ2) is 8.43. The van der Waals surface area contributed by atoms with E-state index in [0.717, 1.165) is 28.3 Å². The minimum Gasteiger partial charge on any atom is -0.483 e. The topological polar surface area (TPSA) is 107 Å². The van der Waals surface area contributed by atoms with Gasteiger partial charge in [-0.3, -0.25) is 19.9 Å². The van der Waals surface area contributed by atoms with Crippen molar-refractivity contribution in [3.63, 3.8) is 0 Å². The molecule has 2 amide bonds. The molecule has 0 unspecified atom stereocenters. The molecule has 0 fully saturated rings. The third-order valence-corrected chi connectivity index (χ3v) is 6.50. The Hall–Kier alpha value is -3.53. The van der Waals surface area contributed by atoms with Crippen molar-refractivity contribution in [2.24, 2.45) is 0 Å². The lowest BCUT2D eigenvalue weighted by molar-refractivity contribution is -0.134. The molecule has 0 radical (unpaired) electrons. The summed E-state index contributed by atoms with van der Waals surface area (Å²) in [6.45, 7) is 4.99. The third-order valence-electron chi connectivity index (χ3n) is 5.51. The lowest BCUT2D eigenvalue weighted by Gasteiger charge is -2.26. The summed E-state index contributed by atoms with van der Waals surface area (Å²) in [6, 6.07) is 5.78. The van der Waals surface area contributed by atoms with E-state index in [1.165, 1.54) is 29.9 Å². The molecule has 4 heterocycles. The van der Waals surface area contributed by atoms with Crippen LogP contribution in [0, 0.1) is 0 Å². The Labute approximate surface area is 194 Å². The summed E-state index contributed by atoms with van der Waals surface area (Å²) in [6.07, 6.45) is 5.80. The zero-order valence-electron chi connectivity index (χ0n) is 18.3. The molecule has 170 valence electrons. The predicted molar refractivity (Wildman–Crippen MR) is 122 cm³/mol. The van der Waals surface area contributed by atoms with Gasteiger partial charge in [-0.2, -0.15) is 0 Å². The van der Waals surface area contributed by atoms with Crippen LogP contribution in [0.2, 0.25) is 0 Å². The van der Waals surface area contributed by atoms with E-state index in [0.29, 0.717) is 30.4 Å². The number of thiazole rings is 1. The minimum atomic E-state index is -0.365. The van der Waals surface area contributed by atoms with E-state index in [2.05, 4.69) is 20.3 Å². The Morgan fingerprint density at radius 2 is 2.18 bits per heavy atom. The standard InChI is InChI=1S/C23H23N5O4S/c1-23(2)10-14-4-3-5-17(20(14)32-23)31-13-19(29)28-9-6-15-18(12-28)33-22(26-15)27-21(30)16-11-24-7-8-25-16/h3-5,7-8,11H,6,9-10,12-13H2,1-2H3,(H,26,27,30). The Balaban J connectivity index is 1.20. The van der Waals surface area contributed by atoms with Gasteiger partial charge in [-0.15, -0.1) is 0 Å². The summed E-state index contributed by atoms with van der Waals surface area (Å²) in [5, 5.41) is 3.25. The Kier molecular flexibility index (Phi) is 5.45. The number of amides is 2. The van der Waals surface area contributed by atoms with Crippen molar-refractivity contribution in [1.29, 1.82) is 0 Å². The molecule has 2 aromatic heterocycles. The molecule has 1 N–H and O–H groups in total. The highest BCUT2D eigenvalue weighted by Crippen LogP contribution is 2.41. The molecular weight excluding hydrogens is 442 g/mol. The van der Waals surface area contributed by atoms with Crippen LogP contribution in [0.4, 0.5) is 5.13 Å². The smallest absolute Gasteiger partial charge is 0.277 e. The summed E-state index contributed by atoms with van der Waals surface area (Å²) >= 11 is 1.36. The number of nitrogens with one attached hydrogen (secondary N) is 1. The van der Waals surface area contributed by atoms with Gasteiger partial charge in [0.2, 0.25) is 0 Å². The molecule has 0 aliphatic carbocycles. The monoisotopic (exact) mass is 465 g/mol. The zero-order valence-corrected chi connectivity index (χ0v) is 19.1. The van der Waals surface area contributed by atoms with E-state index in [1.54, 1.807) is 4.90 Å². The first-order valence-electron chi connectivity index (χ1n) is 10.7. The fourth-order valence-corrected chi connectivity index (χ4v) is 4.99. The Morgan fingerprint density at radius 3 is 3.00 bits per heavy atom. The largest absolute Gasteiger partial charge is 0.483 e. The highest BCUT2D eigenvalue weighted by molar-refractivity contribution is 7.15. The molecular formula is C23H23N5O4S. The number of carbonyl (C=O) groups is 2. The quantitative estimate of drug-likeness (QED) is 0.617. The average molecular weight is 466 g/mol. The number of carbonyl (C=O) groups excluding carboxylic acids is 2. The molecule has 0 spiro atoms. The molecule has 9 nitrogen and oxygen atoms in total. The maximum absolute atomic E-state index is 12.8. The van der Waals surface area contributed by atoms with Crippen molar-refractivity contribution >= 4 is 28.3 Å². The van der Waals surface area contributed by atoms with Crippen molar-refractivity contribution in [2.45, 2.75) is 38.8 Å². The summed E-state index contributed by atoms with van der Waals surface area (Å²) in [5.74, 6) is 0.850. The molecule has 33 heavy (non-hydrogen) atoms. The molecule has 2 aliphatic heterocycles. The second-order valence-corrected chi connectivity index (χ2v) is 9.65. The molecule has 0 saturated heterocycles. The number of rotatable bonds is 5. The van der Waals surface area contributed by atoms with Crippen LogP contribution < -0.4 is 14.8 Å². The van der Waals surface area contributed by atoms with Crippen LogP contribution in [0.5, 0.6) is 11.5 Å². The van der Waals surface area contributed by atoms with Gasteiger partial charge in [-0.1, -0.05) is 23.5 Å². The lowest BCUT2D eigenvalue weighted by Crippen LogP contribution is -2.38. The first-order valence-corrected chi connectivity index (χ1v) is 11.5. The number of ether oxygens (including phenoxy) is 2. The molecule has 0 atom stereocenters. The fourth-order valence-electron chi connectivity index (χ4n) is 3.97. The maximum Gasteiger partial charge on any atom is 0.277 e. The van der Waals surface area contributed by atoms with Crippen LogP contribution in [-0.2, 0) is 24.2 Å². The van der Waals surface area contributed by atoms with E-state index in [-0.39, 0.29) is 29.7 Å². The van der Waals surface area contributed by atoms with Crippen LogP contribution in [0.3, 0.4) is 0 Å². The first kappa shape index (κ1) is 21.3. The number of anilines is 1. The number of hydrogen-bond donors (Lipinski definition) is 1. The molecule has 2 aliphatic rings. The molecule has 10 heteroatoms. The molecule has 0 saturated carbocycles. The predicted octanol–water partition coefficient (Wildman–Crippen LogP) is 2.86. The minimum absolute atomic E-state index is 0.0648. The van der Waals surface area contributed by atoms with Crippen LogP contribution >= 0.6 is 11.3 Å². The van der Waals surface area contributed by atoms with Gasteiger partial charge < -0.3 is 14.4 Å². The third kappa shape index (κ3) is 4.51. The Morgan fingerprint density at radius 1 is 1.30 bits per heavy atom. The van der Waals surface area contributed by atoms with Gasteiger partial charge in [0.1, 0.15) is 11.3 Å². The van der Waals surface area contributed by atoms with Gasteiger partial charge in [0.25, 0.3) is 11.8 Å². The summed E-state index contributed by atoms with van der Waals surface area (Å²) in [5.41, 5.74) is 1.94. The maximum atomic E-state index is 12.8. The lowest BCUT2D eigenvalue weighted by atomic mass is 10.0. The van der Waals surface area contributed by atoms with Gasteiger partial charge >= 0.3 is 0 Å². The van der Waals surface area contributed by atoms with Crippen LogP contribution in [-0.4, -0.2) is 50.4 Å². The van der Waals surface area contributed by atoms with Gasteiger partial charge in [0, 0.05) is 42.2 Å². The summed E-state index contributed by atoms with van der Waals surface area (Å²) in [4.78, 5) is 40.3. The second-order valence-electron chi connectivity index (χ2n) is 8.57. The van der Waals surface area contributed by atoms with Crippen molar-refractivity contribution in [3.8, 4) is 11.5 Å². The van der Waals surface area contributed by atoms with Gasteiger partial charge in [0.05, 0.1) is 18.4 Å². The number of hydrogen-bond acceptors (Lipinski definition) is 8. The van der Waals surface area contributed by atoms with Gasteiger partial charge in [0.15, 0.2) is 23.2 Å². The SMILES string of the molecule is CC1(C)Cc2cccc(OCC(=O)N3CCc4nc(NC(=O)c5cnccn5)sc4C3)c2O1. The van der Waals surface area contributed by atoms with Gasteiger partial charge in [-0.25, -0.2) is 9.97 Å². The van der Waals surface area contributed by atoms with Crippen LogP contribution in [0.25, 0.3) is 0 Å². The normalized spacial score (nSPS) is 15.9. The fraction of sp³-hybridized carbons (Fsp3) is 0.348. The van der Waals surface area contributed by atoms with Crippen LogP contribution in [0.15, 0.2) is 36.8 Å². The summed E-state index contributed by atoms with van der Waals surface area (Å²) in [7, 11) is 0. The van der Waals surface area contributed by atoms with Crippen molar-refractivity contribution in [1.82, 2.24) is 19.9 Å². The van der Waals surface area contributed by atoms with Crippen molar-refractivity contribution in [3.05, 3.63) is 58.6 Å². The van der Waals surface area contributed by atoms with E-state index >= 15 is 0 Å². The number of nitrogens with zero attached hydrogens (tertiary/aromatic N) is 4. The van der Waals surface area contributed by atoms with Crippen molar-refractivity contribution < 1.29 is 19.1 Å². The number of aromatic nitrogens is 3. The van der Waals surface area contributed by atoms with E-state index in [9.17, 15) is 9.59 Å². The number of fused-ring (bicyclic) bond motifs is 2. The average Bonchev–Trinajstić information content (AvgIpc) is 3.35. The highest BCUT2D eigenvalue weighted by atomic mass is 32.1. The van der Waals surface area contributed by atoms with Crippen LogP contribution in [0.1, 0.15) is 40.5 Å². The van der Waals surface area contributed by atoms with Gasteiger partial charge in [-0.05, 0) is 19.9 Å². The number of para-hydroxylation sites is 1.